The van der Waals surface area contributed by atoms with Crippen LogP contribution in [0, 0.1) is 5.92 Å². The molecule has 0 saturated carbocycles. The third-order valence-corrected chi connectivity index (χ3v) is 5.85. The van der Waals surface area contributed by atoms with Crippen LogP contribution in [0.2, 0.25) is 0 Å². The van der Waals surface area contributed by atoms with E-state index in [-0.39, 0.29) is 24.1 Å². The maximum Gasteiger partial charge on any atom is 0.334 e. The second-order valence-corrected chi connectivity index (χ2v) is 7.74. The van der Waals surface area contributed by atoms with Crippen molar-refractivity contribution >= 4 is 5.97 Å². The van der Waals surface area contributed by atoms with Gasteiger partial charge in [0.05, 0.1) is 17.8 Å². The van der Waals surface area contributed by atoms with Crippen molar-refractivity contribution in [3.63, 3.8) is 0 Å². The maximum atomic E-state index is 12.0. The minimum absolute atomic E-state index is 0.0135. The maximum absolute atomic E-state index is 12.0. The molecule has 0 amide bonds. The second kappa shape index (κ2) is 6.49. The van der Waals surface area contributed by atoms with Gasteiger partial charge in [-0.05, 0) is 51.5 Å². The van der Waals surface area contributed by atoms with Gasteiger partial charge in [-0.15, -0.1) is 0 Å². The monoisotopic (exact) mass is 332 g/mol. The molecule has 0 aliphatic carbocycles. The zero-order valence-corrected chi connectivity index (χ0v) is 14.7. The lowest BCUT2D eigenvalue weighted by Crippen LogP contribution is -2.41. The Balaban J connectivity index is 1.88. The van der Waals surface area contributed by atoms with E-state index in [1.807, 2.05) is 6.92 Å². The van der Waals surface area contributed by atoms with E-state index in [9.17, 15) is 9.90 Å². The van der Waals surface area contributed by atoms with E-state index in [4.69, 9.17) is 9.47 Å². The molecule has 3 aliphatic heterocycles. The standard InChI is InChI=1S/C20H28O4/c1-12-6-5-7-13(2)16-8-9-20(4,24-16)18(21)11-15-14(3)19(22)23-17(15)10-12/h6,15-18,21H,2-3,5,7-11H2,1,4H3/t15-,16-,17+,18+,20-/m1/s1. The van der Waals surface area contributed by atoms with Crippen LogP contribution >= 0.6 is 0 Å². The van der Waals surface area contributed by atoms with Crippen molar-refractivity contribution in [3.05, 3.63) is 36.0 Å². The smallest absolute Gasteiger partial charge is 0.334 e. The van der Waals surface area contributed by atoms with Gasteiger partial charge in [-0.2, -0.15) is 0 Å². The number of aliphatic hydroxyl groups is 1. The van der Waals surface area contributed by atoms with Crippen LogP contribution in [0.25, 0.3) is 0 Å². The molecule has 4 heteroatoms. The Bertz CT molecular complexity index is 590. The lowest BCUT2D eigenvalue weighted by Gasteiger charge is -2.33. The van der Waals surface area contributed by atoms with Crippen molar-refractivity contribution in [1.29, 1.82) is 0 Å². The number of rotatable bonds is 0. The number of carbonyl (C=O) groups excluding carboxylic acids is 1. The Labute approximate surface area is 144 Å². The van der Waals surface area contributed by atoms with Crippen LogP contribution in [0.4, 0.5) is 0 Å². The third-order valence-electron chi connectivity index (χ3n) is 5.85. The SMILES string of the molecule is C=C1C(=O)O[C@H]2CC(C)=CCCC(=C)[C@H]3CC[C@@](C)(O3)[C@@H](O)C[C@H]12. The molecule has 0 spiro atoms. The molecule has 4 nitrogen and oxygen atoms in total. The molecule has 0 aromatic rings. The third kappa shape index (κ3) is 3.22. The highest BCUT2D eigenvalue weighted by Gasteiger charge is 2.47. The Kier molecular flexibility index (Phi) is 4.71. The molecule has 3 aliphatic rings. The molecule has 3 heterocycles. The minimum atomic E-state index is -0.654. The summed E-state index contributed by atoms with van der Waals surface area (Å²) in [6.45, 7) is 12.1. The summed E-state index contributed by atoms with van der Waals surface area (Å²) in [5.74, 6) is -0.486. The van der Waals surface area contributed by atoms with Crippen molar-refractivity contribution in [2.45, 2.75) is 76.3 Å². The van der Waals surface area contributed by atoms with Crippen LogP contribution in [0.3, 0.4) is 0 Å². The molecule has 2 saturated heterocycles. The minimum Gasteiger partial charge on any atom is -0.458 e. The molecule has 2 bridgehead atoms. The Morgan fingerprint density at radius 2 is 2.12 bits per heavy atom. The van der Waals surface area contributed by atoms with Gasteiger partial charge in [0.2, 0.25) is 0 Å². The number of fused-ring (bicyclic) bond motifs is 3. The predicted octanol–water partition coefficient (Wildman–Crippen LogP) is 3.46. The molecule has 0 radical (unpaired) electrons. The summed E-state index contributed by atoms with van der Waals surface area (Å²) in [6, 6.07) is 0. The molecule has 1 N–H and O–H groups in total. The van der Waals surface area contributed by atoms with E-state index in [0.29, 0.717) is 18.4 Å². The summed E-state index contributed by atoms with van der Waals surface area (Å²) in [5, 5.41) is 10.8. The zero-order valence-electron chi connectivity index (χ0n) is 14.7. The van der Waals surface area contributed by atoms with Crippen LogP contribution in [0.5, 0.6) is 0 Å². The van der Waals surface area contributed by atoms with Gasteiger partial charge in [0.15, 0.2) is 0 Å². The first kappa shape index (κ1) is 17.4. The van der Waals surface area contributed by atoms with Crippen LogP contribution in [-0.2, 0) is 14.3 Å². The van der Waals surface area contributed by atoms with E-state index in [1.54, 1.807) is 0 Å². The topological polar surface area (TPSA) is 55.8 Å². The summed E-state index contributed by atoms with van der Waals surface area (Å²) >= 11 is 0. The van der Waals surface area contributed by atoms with Crippen molar-refractivity contribution < 1.29 is 19.4 Å². The van der Waals surface area contributed by atoms with E-state index in [1.165, 1.54) is 5.57 Å². The van der Waals surface area contributed by atoms with Crippen LogP contribution < -0.4 is 0 Å². The van der Waals surface area contributed by atoms with Crippen LogP contribution in [-0.4, -0.2) is 35.0 Å². The Morgan fingerprint density at radius 3 is 2.88 bits per heavy atom. The van der Waals surface area contributed by atoms with Gasteiger partial charge >= 0.3 is 5.97 Å². The fraction of sp³-hybridized carbons (Fsp3) is 0.650. The number of carbonyl (C=O) groups is 1. The molecular formula is C20H28O4. The lowest BCUT2D eigenvalue weighted by atomic mass is 9.82. The first-order valence-corrected chi connectivity index (χ1v) is 8.89. The average Bonchev–Trinajstić information content (AvgIpc) is 3.04. The van der Waals surface area contributed by atoms with Crippen LogP contribution in [0.15, 0.2) is 36.0 Å². The highest BCUT2D eigenvalue weighted by Crippen LogP contribution is 2.42. The normalized spacial score (nSPS) is 41.0. The molecule has 132 valence electrons. The second-order valence-electron chi connectivity index (χ2n) is 7.74. The summed E-state index contributed by atoms with van der Waals surface area (Å²) < 4.78 is 11.7. The molecule has 0 unspecified atom stereocenters. The Morgan fingerprint density at radius 1 is 1.38 bits per heavy atom. The van der Waals surface area contributed by atoms with E-state index in [0.717, 1.165) is 31.3 Å². The summed E-state index contributed by atoms with van der Waals surface area (Å²) in [4.78, 5) is 12.0. The van der Waals surface area contributed by atoms with E-state index < -0.39 is 11.7 Å². The highest BCUT2D eigenvalue weighted by atomic mass is 16.6. The summed E-state index contributed by atoms with van der Waals surface area (Å²) in [7, 11) is 0. The molecule has 2 fully saturated rings. The fourth-order valence-corrected chi connectivity index (χ4v) is 4.10. The molecule has 24 heavy (non-hydrogen) atoms. The number of aliphatic hydroxyl groups excluding tert-OH is 1. The molecule has 3 rings (SSSR count). The quantitative estimate of drug-likeness (QED) is 0.419. The zero-order chi connectivity index (χ0) is 17.5. The first-order valence-electron chi connectivity index (χ1n) is 8.89. The summed E-state index contributed by atoms with van der Waals surface area (Å²) in [5.41, 5.74) is 2.18. The van der Waals surface area contributed by atoms with Gasteiger partial charge in [-0.1, -0.05) is 24.8 Å². The van der Waals surface area contributed by atoms with Crippen molar-refractivity contribution in [2.75, 3.05) is 0 Å². The van der Waals surface area contributed by atoms with Crippen LogP contribution in [0.1, 0.15) is 52.4 Å². The number of hydrogen-bond donors (Lipinski definition) is 1. The number of esters is 1. The fourth-order valence-electron chi connectivity index (χ4n) is 4.10. The van der Waals surface area contributed by atoms with Gasteiger partial charge in [0.1, 0.15) is 6.10 Å². The van der Waals surface area contributed by atoms with Crippen molar-refractivity contribution in [1.82, 2.24) is 0 Å². The van der Waals surface area contributed by atoms with Gasteiger partial charge < -0.3 is 14.6 Å². The molecule has 0 aromatic carbocycles. The first-order chi connectivity index (χ1) is 11.3. The van der Waals surface area contributed by atoms with Crippen molar-refractivity contribution in [2.24, 2.45) is 5.92 Å². The average molecular weight is 332 g/mol. The molecule has 5 atom stereocenters. The number of hydrogen-bond acceptors (Lipinski definition) is 4. The van der Waals surface area contributed by atoms with Crippen molar-refractivity contribution in [3.8, 4) is 0 Å². The van der Waals surface area contributed by atoms with Gasteiger partial charge in [-0.3, -0.25) is 0 Å². The van der Waals surface area contributed by atoms with E-state index >= 15 is 0 Å². The predicted molar refractivity (Wildman–Crippen MR) is 92.4 cm³/mol. The number of ether oxygens (including phenoxy) is 2. The van der Waals surface area contributed by atoms with Gasteiger partial charge in [0.25, 0.3) is 0 Å². The molecular weight excluding hydrogens is 304 g/mol. The largest absolute Gasteiger partial charge is 0.458 e. The lowest BCUT2D eigenvalue weighted by molar-refractivity contribution is -0.139. The van der Waals surface area contributed by atoms with Gasteiger partial charge in [-0.25, -0.2) is 4.79 Å². The highest BCUT2D eigenvalue weighted by molar-refractivity contribution is 5.90. The summed E-state index contributed by atoms with van der Waals surface area (Å²) in [6.07, 6.45) is 5.93. The number of allylic oxidation sites excluding steroid dienone is 1. The molecule has 0 aromatic heterocycles. The van der Waals surface area contributed by atoms with Gasteiger partial charge in [0, 0.05) is 17.9 Å². The van der Waals surface area contributed by atoms with E-state index in [2.05, 4.69) is 26.2 Å². The Hall–Kier alpha value is -1.39.